The Hall–Kier alpha value is -8.92. The lowest BCUT2D eigenvalue weighted by Gasteiger charge is -2.25. The molecule has 314 valence electrons. The summed E-state index contributed by atoms with van der Waals surface area (Å²) in [4.78, 5) is 4.64. The molecule has 0 N–H and O–H groups in total. The lowest BCUT2D eigenvalue weighted by atomic mass is 9.88. The van der Waals surface area contributed by atoms with E-state index in [4.69, 9.17) is 0 Å². The molecule has 3 heteroatoms. The first-order valence-corrected chi connectivity index (χ1v) is 23.0. The molecular weight excluding hydrogens is 811 g/mol. The number of hydrogen-bond donors (Lipinski definition) is 0. The van der Waals surface area contributed by atoms with Gasteiger partial charge in [-0.2, -0.15) is 0 Å². The summed E-state index contributed by atoms with van der Waals surface area (Å²) in [7, 11) is 0. The molecule has 0 spiro atoms. The molecule has 0 aliphatic rings. The fourth-order valence-electron chi connectivity index (χ4n) is 10.5. The van der Waals surface area contributed by atoms with Crippen LogP contribution < -0.4 is 9.80 Å². The van der Waals surface area contributed by atoms with Crippen LogP contribution in [0.15, 0.2) is 261 Å². The molecule has 13 rings (SSSR count). The third-order valence-corrected chi connectivity index (χ3v) is 13.5. The molecule has 13 aromatic rings. The minimum atomic E-state index is 1.11. The quantitative estimate of drug-likeness (QED) is 0.134. The van der Waals surface area contributed by atoms with Crippen molar-refractivity contribution in [3.05, 3.63) is 261 Å². The first-order valence-electron chi connectivity index (χ1n) is 23.0. The van der Waals surface area contributed by atoms with Gasteiger partial charge in [-0.1, -0.05) is 164 Å². The molecular formula is C64H43N3. The molecule has 0 radical (unpaired) electrons. The molecule has 0 fully saturated rings. The van der Waals surface area contributed by atoms with Crippen LogP contribution in [0.1, 0.15) is 0 Å². The summed E-state index contributed by atoms with van der Waals surface area (Å²) in [6.07, 6.45) is 0. The van der Waals surface area contributed by atoms with E-state index in [1.165, 1.54) is 76.4 Å². The SMILES string of the molecule is c1ccc(N(c2ccccc2)c2ccc(-c3ccc4ccc5cc6c7c(-c8ccc(N(c9ccccc9)c9ccccc9)cc8)cccc7n(-c7ccccc7)c6c6ccc3c4c56)cc2)cc1. The van der Waals surface area contributed by atoms with Crippen molar-refractivity contribution in [2.75, 3.05) is 9.80 Å². The molecule has 3 nitrogen and oxygen atoms in total. The predicted octanol–water partition coefficient (Wildman–Crippen LogP) is 18.0. The van der Waals surface area contributed by atoms with E-state index in [-0.39, 0.29) is 0 Å². The van der Waals surface area contributed by atoms with Crippen LogP contribution in [-0.2, 0) is 0 Å². The number of benzene rings is 12. The number of rotatable bonds is 9. The fraction of sp³-hybridized carbons (Fsp3) is 0. The van der Waals surface area contributed by atoms with Gasteiger partial charge >= 0.3 is 0 Å². The van der Waals surface area contributed by atoms with Crippen LogP contribution in [0.25, 0.3) is 82.1 Å². The highest BCUT2D eigenvalue weighted by Gasteiger charge is 2.23. The molecule has 0 aliphatic carbocycles. The number of nitrogens with zero attached hydrogens (tertiary/aromatic N) is 3. The van der Waals surface area contributed by atoms with Gasteiger partial charge in [-0.25, -0.2) is 0 Å². The van der Waals surface area contributed by atoms with Gasteiger partial charge in [0, 0.05) is 56.0 Å². The van der Waals surface area contributed by atoms with E-state index in [0.29, 0.717) is 0 Å². The molecule has 67 heavy (non-hydrogen) atoms. The van der Waals surface area contributed by atoms with Crippen molar-refractivity contribution in [3.8, 4) is 27.9 Å². The number of hydrogen-bond acceptors (Lipinski definition) is 2. The summed E-state index contributed by atoms with van der Waals surface area (Å²) in [5, 5.41) is 10.1. The van der Waals surface area contributed by atoms with Crippen LogP contribution in [-0.4, -0.2) is 4.57 Å². The van der Waals surface area contributed by atoms with Crippen LogP contribution >= 0.6 is 0 Å². The molecule has 1 heterocycles. The van der Waals surface area contributed by atoms with Gasteiger partial charge < -0.3 is 14.4 Å². The Bertz CT molecular complexity index is 3790. The maximum absolute atomic E-state index is 2.49. The standard InChI is InChI=1S/C64H43N3/c1-6-17-48(18-7-1)65(49-19-8-2-9-20-49)53-36-31-44(32-37-53)55-40-35-46-29-30-47-43-59-63-56(45-33-38-54(39-34-45)66(50-21-10-3-11-22-50)51-23-12-4-13-24-51)27-16-28-60(63)67(52-25-14-5-15-26-52)64(59)58-42-41-57(55)61(46)62(47)58/h1-43H. The molecule has 0 atom stereocenters. The summed E-state index contributed by atoms with van der Waals surface area (Å²) in [5.41, 5.74) is 15.1. The summed E-state index contributed by atoms with van der Waals surface area (Å²) in [6.45, 7) is 0. The Morgan fingerprint density at radius 2 is 0.701 bits per heavy atom. The third-order valence-electron chi connectivity index (χ3n) is 13.5. The predicted molar refractivity (Wildman–Crippen MR) is 285 cm³/mol. The number of fused-ring (bicyclic) bond motifs is 4. The highest BCUT2D eigenvalue weighted by molar-refractivity contribution is 6.33. The zero-order chi connectivity index (χ0) is 44.3. The van der Waals surface area contributed by atoms with Gasteiger partial charge in [0.05, 0.1) is 11.0 Å². The molecule has 0 saturated carbocycles. The highest BCUT2D eigenvalue weighted by atomic mass is 15.1. The van der Waals surface area contributed by atoms with Crippen molar-refractivity contribution in [2.24, 2.45) is 0 Å². The van der Waals surface area contributed by atoms with Crippen molar-refractivity contribution >= 4 is 88.2 Å². The van der Waals surface area contributed by atoms with Crippen molar-refractivity contribution < 1.29 is 0 Å². The molecule has 0 saturated heterocycles. The van der Waals surface area contributed by atoms with Crippen LogP contribution in [0, 0.1) is 0 Å². The van der Waals surface area contributed by atoms with Crippen molar-refractivity contribution in [3.63, 3.8) is 0 Å². The second-order valence-electron chi connectivity index (χ2n) is 17.3. The first-order chi connectivity index (χ1) is 33.3. The smallest absolute Gasteiger partial charge is 0.0620 e. The van der Waals surface area contributed by atoms with E-state index in [1.54, 1.807) is 0 Å². The minimum absolute atomic E-state index is 1.11. The molecule has 0 amide bonds. The van der Waals surface area contributed by atoms with Gasteiger partial charge in [-0.3, -0.25) is 0 Å². The van der Waals surface area contributed by atoms with Gasteiger partial charge in [0.1, 0.15) is 0 Å². The zero-order valence-electron chi connectivity index (χ0n) is 36.7. The van der Waals surface area contributed by atoms with Crippen LogP contribution in [0.3, 0.4) is 0 Å². The summed E-state index contributed by atoms with van der Waals surface area (Å²) < 4.78 is 2.49. The maximum atomic E-state index is 2.49. The van der Waals surface area contributed by atoms with E-state index < -0.39 is 0 Å². The van der Waals surface area contributed by atoms with Gasteiger partial charge in [-0.15, -0.1) is 0 Å². The minimum Gasteiger partial charge on any atom is -0.311 e. The summed E-state index contributed by atoms with van der Waals surface area (Å²) in [6, 6.07) is 94.7. The van der Waals surface area contributed by atoms with Crippen LogP contribution in [0.2, 0.25) is 0 Å². The second kappa shape index (κ2) is 16.0. The molecule has 0 aliphatic heterocycles. The van der Waals surface area contributed by atoms with Crippen molar-refractivity contribution in [1.82, 2.24) is 4.57 Å². The molecule has 12 aromatic carbocycles. The number of para-hydroxylation sites is 5. The Labute approximate surface area is 389 Å². The van der Waals surface area contributed by atoms with Gasteiger partial charge in [0.15, 0.2) is 0 Å². The van der Waals surface area contributed by atoms with Gasteiger partial charge in [0.25, 0.3) is 0 Å². The van der Waals surface area contributed by atoms with Crippen LogP contribution in [0.5, 0.6) is 0 Å². The molecule has 0 bridgehead atoms. The number of aromatic nitrogens is 1. The Kier molecular flexibility index (Phi) is 9.17. The lowest BCUT2D eigenvalue weighted by molar-refractivity contribution is 1.19. The van der Waals surface area contributed by atoms with E-state index in [1.807, 2.05) is 0 Å². The van der Waals surface area contributed by atoms with Gasteiger partial charge in [-0.05, 0) is 146 Å². The van der Waals surface area contributed by atoms with E-state index in [2.05, 4.69) is 275 Å². The molecule has 1 aromatic heterocycles. The largest absolute Gasteiger partial charge is 0.311 e. The van der Waals surface area contributed by atoms with Crippen LogP contribution in [0.4, 0.5) is 34.1 Å². The average Bonchev–Trinajstić information content (AvgIpc) is 3.74. The third kappa shape index (κ3) is 6.43. The van der Waals surface area contributed by atoms with E-state index in [0.717, 1.165) is 39.8 Å². The fourth-order valence-corrected chi connectivity index (χ4v) is 10.5. The zero-order valence-corrected chi connectivity index (χ0v) is 36.7. The lowest BCUT2D eigenvalue weighted by Crippen LogP contribution is -2.09. The van der Waals surface area contributed by atoms with Gasteiger partial charge in [0.2, 0.25) is 0 Å². The monoisotopic (exact) mass is 853 g/mol. The first kappa shape index (κ1) is 38.5. The normalized spacial score (nSPS) is 11.6. The number of anilines is 6. The molecule has 0 unspecified atom stereocenters. The van der Waals surface area contributed by atoms with E-state index >= 15 is 0 Å². The highest BCUT2D eigenvalue weighted by Crippen LogP contribution is 2.47. The topological polar surface area (TPSA) is 11.4 Å². The van der Waals surface area contributed by atoms with Crippen molar-refractivity contribution in [2.45, 2.75) is 0 Å². The Balaban J connectivity index is 0.979. The summed E-state index contributed by atoms with van der Waals surface area (Å²) >= 11 is 0. The second-order valence-corrected chi connectivity index (χ2v) is 17.3. The summed E-state index contributed by atoms with van der Waals surface area (Å²) in [5.74, 6) is 0. The Morgan fingerprint density at radius 1 is 0.269 bits per heavy atom. The van der Waals surface area contributed by atoms with Crippen molar-refractivity contribution in [1.29, 1.82) is 0 Å². The van der Waals surface area contributed by atoms with E-state index in [9.17, 15) is 0 Å². The maximum Gasteiger partial charge on any atom is 0.0620 e. The Morgan fingerprint density at radius 3 is 1.24 bits per heavy atom. The average molecular weight is 854 g/mol.